The quantitative estimate of drug-likeness (QED) is 0.537. The number of hydrogen-bond acceptors (Lipinski definition) is 4. The number of aromatic nitrogens is 2. The molecule has 1 rings (SSSR count). The van der Waals surface area contributed by atoms with Crippen LogP contribution in [0.4, 0.5) is 0 Å². The van der Waals surface area contributed by atoms with Crippen LogP contribution in [0.5, 0.6) is 5.88 Å². The minimum absolute atomic E-state index is 0.231. The van der Waals surface area contributed by atoms with Crippen LogP contribution in [0.3, 0.4) is 0 Å². The Morgan fingerprint density at radius 3 is 2.67 bits per heavy atom. The number of unbranched alkanes of at least 4 members (excludes halogenated alkanes) is 1. The van der Waals surface area contributed by atoms with Gasteiger partial charge in [0.15, 0.2) is 0 Å². The molecule has 0 spiro atoms. The molecule has 5 heteroatoms. The lowest BCUT2D eigenvalue weighted by atomic mass is 10.1. The number of hydrogen-bond donors (Lipinski definition) is 0. The summed E-state index contributed by atoms with van der Waals surface area (Å²) >= 11 is 6.04. The molecule has 0 aliphatic heterocycles. The van der Waals surface area contributed by atoms with E-state index in [0.29, 0.717) is 24.2 Å². The molecule has 18 heavy (non-hydrogen) atoms. The first-order valence-corrected chi connectivity index (χ1v) is 6.75. The molecule has 1 heterocycles. The normalized spacial score (nSPS) is 10.9. The van der Waals surface area contributed by atoms with Gasteiger partial charge in [0, 0.05) is 6.61 Å². The van der Waals surface area contributed by atoms with Crippen LogP contribution >= 0.6 is 11.6 Å². The molecular formula is C13H21ClN2O2. The highest BCUT2D eigenvalue weighted by Gasteiger charge is 2.14. The maximum atomic E-state index is 6.04. The van der Waals surface area contributed by atoms with Gasteiger partial charge in [0.1, 0.15) is 18.1 Å². The minimum Gasteiger partial charge on any atom is -0.475 e. The van der Waals surface area contributed by atoms with Gasteiger partial charge in [-0.05, 0) is 12.3 Å². The van der Waals surface area contributed by atoms with Gasteiger partial charge in [-0.1, -0.05) is 38.8 Å². The average Bonchev–Trinajstić information content (AvgIpc) is 2.33. The van der Waals surface area contributed by atoms with Crippen molar-refractivity contribution in [3.05, 3.63) is 17.0 Å². The van der Waals surface area contributed by atoms with Gasteiger partial charge in [0.2, 0.25) is 5.88 Å². The minimum atomic E-state index is 0.231. The van der Waals surface area contributed by atoms with E-state index >= 15 is 0 Å². The Kier molecular flexibility index (Phi) is 6.98. The third-order valence-corrected chi connectivity index (χ3v) is 2.79. The average molecular weight is 273 g/mol. The topological polar surface area (TPSA) is 44.2 Å². The molecule has 0 saturated carbocycles. The monoisotopic (exact) mass is 272 g/mol. The van der Waals surface area contributed by atoms with Crippen molar-refractivity contribution in [1.82, 2.24) is 9.97 Å². The van der Waals surface area contributed by atoms with E-state index in [9.17, 15) is 0 Å². The van der Waals surface area contributed by atoms with Crippen LogP contribution in [0.15, 0.2) is 6.33 Å². The summed E-state index contributed by atoms with van der Waals surface area (Å²) in [5.74, 6) is 0.791. The Labute approximate surface area is 114 Å². The highest BCUT2D eigenvalue weighted by Crippen LogP contribution is 2.29. The van der Waals surface area contributed by atoms with E-state index in [4.69, 9.17) is 21.1 Å². The number of ether oxygens (including phenoxy) is 2. The molecule has 0 aliphatic carbocycles. The summed E-state index contributed by atoms with van der Waals surface area (Å²) in [6, 6.07) is 0. The fourth-order valence-corrected chi connectivity index (χ4v) is 1.85. The lowest BCUT2D eigenvalue weighted by molar-refractivity contribution is 0.0960. The molecule has 1 aromatic heterocycles. The largest absolute Gasteiger partial charge is 0.475 e. The Balaban J connectivity index is 2.44. The van der Waals surface area contributed by atoms with Gasteiger partial charge in [-0.2, -0.15) is 0 Å². The van der Waals surface area contributed by atoms with Crippen LogP contribution in [0.25, 0.3) is 0 Å². The van der Waals surface area contributed by atoms with Crippen molar-refractivity contribution in [1.29, 1.82) is 0 Å². The van der Waals surface area contributed by atoms with Gasteiger partial charge in [-0.25, -0.2) is 9.97 Å². The molecular weight excluding hydrogens is 252 g/mol. The maximum Gasteiger partial charge on any atom is 0.221 e. The van der Waals surface area contributed by atoms with Crippen LogP contribution in [-0.2, 0) is 4.74 Å². The molecule has 0 amide bonds. The van der Waals surface area contributed by atoms with E-state index in [1.165, 1.54) is 6.33 Å². The first kappa shape index (κ1) is 15.2. The molecule has 0 aliphatic rings. The molecule has 0 radical (unpaired) electrons. The fraction of sp³-hybridized carbons (Fsp3) is 0.692. The summed E-state index contributed by atoms with van der Waals surface area (Å²) in [5, 5.41) is 0.460. The van der Waals surface area contributed by atoms with Crippen molar-refractivity contribution in [3.8, 4) is 5.88 Å². The zero-order valence-electron chi connectivity index (χ0n) is 11.3. The van der Waals surface area contributed by atoms with E-state index in [0.717, 1.165) is 25.0 Å². The molecule has 0 saturated heterocycles. The summed E-state index contributed by atoms with van der Waals surface area (Å²) in [6.45, 7) is 8.04. The van der Waals surface area contributed by atoms with Crippen molar-refractivity contribution in [2.45, 2.75) is 39.5 Å². The number of halogens is 1. The van der Waals surface area contributed by atoms with Gasteiger partial charge in [-0.15, -0.1) is 0 Å². The fourth-order valence-electron chi connectivity index (χ4n) is 1.51. The summed E-state index contributed by atoms with van der Waals surface area (Å²) in [5.41, 5.74) is 0.854. The van der Waals surface area contributed by atoms with Crippen molar-refractivity contribution >= 4 is 11.6 Å². The molecule has 0 aromatic carbocycles. The Bertz CT molecular complexity index is 359. The first-order chi connectivity index (χ1) is 8.66. The van der Waals surface area contributed by atoms with Gasteiger partial charge >= 0.3 is 0 Å². The molecule has 0 unspecified atom stereocenters. The van der Waals surface area contributed by atoms with E-state index in [-0.39, 0.29) is 5.92 Å². The van der Waals surface area contributed by atoms with Gasteiger partial charge in [-0.3, -0.25) is 0 Å². The van der Waals surface area contributed by atoms with Crippen molar-refractivity contribution in [3.63, 3.8) is 0 Å². The molecule has 102 valence electrons. The highest BCUT2D eigenvalue weighted by molar-refractivity contribution is 6.30. The van der Waals surface area contributed by atoms with Gasteiger partial charge in [0.05, 0.1) is 12.2 Å². The summed E-state index contributed by atoms with van der Waals surface area (Å²) in [4.78, 5) is 8.09. The molecule has 0 fully saturated rings. The van der Waals surface area contributed by atoms with E-state index in [2.05, 4.69) is 16.9 Å². The second kappa shape index (κ2) is 8.27. The van der Waals surface area contributed by atoms with E-state index in [1.54, 1.807) is 0 Å². The van der Waals surface area contributed by atoms with Crippen molar-refractivity contribution in [2.75, 3.05) is 19.8 Å². The lowest BCUT2D eigenvalue weighted by Crippen LogP contribution is -2.10. The number of rotatable bonds is 8. The summed E-state index contributed by atoms with van der Waals surface area (Å²) in [6.07, 6.45) is 3.64. The van der Waals surface area contributed by atoms with Crippen LogP contribution in [0.2, 0.25) is 5.15 Å². The van der Waals surface area contributed by atoms with Crippen LogP contribution in [0, 0.1) is 0 Å². The number of nitrogens with zero attached hydrogens (tertiary/aromatic N) is 2. The van der Waals surface area contributed by atoms with Crippen molar-refractivity contribution < 1.29 is 9.47 Å². The Hall–Kier alpha value is -0.870. The lowest BCUT2D eigenvalue weighted by Gasteiger charge is -2.13. The van der Waals surface area contributed by atoms with Crippen LogP contribution < -0.4 is 4.74 Å². The smallest absolute Gasteiger partial charge is 0.221 e. The molecule has 0 N–H and O–H groups in total. The third kappa shape index (κ3) is 4.78. The Morgan fingerprint density at radius 2 is 2.00 bits per heavy atom. The standard InChI is InChI=1S/C13H21ClN2O2/c1-4-5-6-17-7-8-18-13-11(10(2)3)12(14)15-9-16-13/h9-10H,4-8H2,1-3H3. The Morgan fingerprint density at radius 1 is 1.22 bits per heavy atom. The first-order valence-electron chi connectivity index (χ1n) is 6.37. The zero-order valence-corrected chi connectivity index (χ0v) is 12.0. The second-order valence-corrected chi connectivity index (χ2v) is 4.71. The molecule has 0 bridgehead atoms. The van der Waals surface area contributed by atoms with Crippen LogP contribution in [0.1, 0.15) is 45.1 Å². The van der Waals surface area contributed by atoms with Crippen LogP contribution in [-0.4, -0.2) is 29.8 Å². The zero-order chi connectivity index (χ0) is 13.4. The molecule has 0 atom stereocenters. The van der Waals surface area contributed by atoms with Gasteiger partial charge < -0.3 is 9.47 Å². The summed E-state index contributed by atoms with van der Waals surface area (Å²) < 4.78 is 11.0. The molecule has 1 aromatic rings. The van der Waals surface area contributed by atoms with E-state index < -0.39 is 0 Å². The third-order valence-electron chi connectivity index (χ3n) is 2.48. The predicted molar refractivity (Wildman–Crippen MR) is 72.4 cm³/mol. The van der Waals surface area contributed by atoms with Crippen molar-refractivity contribution in [2.24, 2.45) is 0 Å². The van der Waals surface area contributed by atoms with Gasteiger partial charge in [0.25, 0.3) is 0 Å². The molecule has 4 nitrogen and oxygen atoms in total. The maximum absolute atomic E-state index is 6.04. The highest BCUT2D eigenvalue weighted by atomic mass is 35.5. The second-order valence-electron chi connectivity index (χ2n) is 4.35. The SMILES string of the molecule is CCCCOCCOc1ncnc(Cl)c1C(C)C. The van der Waals surface area contributed by atoms with E-state index in [1.807, 2.05) is 13.8 Å². The summed E-state index contributed by atoms with van der Waals surface area (Å²) in [7, 11) is 0. The predicted octanol–water partition coefficient (Wildman–Crippen LogP) is 3.45.